The fourth-order valence-electron chi connectivity index (χ4n) is 2.05. The number of carbonyl (C=O) groups is 2. The zero-order valence-corrected chi connectivity index (χ0v) is 14.5. The van der Waals surface area contributed by atoms with E-state index in [2.05, 4.69) is 0 Å². The first-order valence-electron chi connectivity index (χ1n) is 7.67. The summed E-state index contributed by atoms with van der Waals surface area (Å²) in [5, 5.41) is 10.6. The van der Waals surface area contributed by atoms with E-state index in [4.69, 9.17) is 15.2 Å². The molecule has 0 saturated heterocycles. The molecule has 0 aliphatic rings. The number of para-hydroxylation sites is 1. The number of anilines is 1. The molecular formula is C18H18N2O6. The Morgan fingerprint density at radius 2 is 1.54 bits per heavy atom. The predicted octanol–water partition coefficient (Wildman–Crippen LogP) is 3.35. The summed E-state index contributed by atoms with van der Waals surface area (Å²) in [6, 6.07) is 9.37. The van der Waals surface area contributed by atoms with Gasteiger partial charge in [0.1, 0.15) is 11.4 Å². The molecule has 0 heterocycles. The summed E-state index contributed by atoms with van der Waals surface area (Å²) in [6.07, 6.45) is 0. The first-order valence-corrected chi connectivity index (χ1v) is 7.67. The van der Waals surface area contributed by atoms with Crippen molar-refractivity contribution in [3.8, 4) is 5.75 Å². The molecule has 0 spiro atoms. The van der Waals surface area contributed by atoms with Gasteiger partial charge in [0.25, 0.3) is 5.69 Å². The van der Waals surface area contributed by atoms with Crippen molar-refractivity contribution in [1.82, 2.24) is 0 Å². The third-order valence-corrected chi connectivity index (χ3v) is 3.20. The smallest absolute Gasteiger partial charge is 0.345 e. The minimum atomic E-state index is -0.790. The number of non-ortho nitro benzene ring substituents is 1. The van der Waals surface area contributed by atoms with Crippen molar-refractivity contribution >= 4 is 23.3 Å². The fourth-order valence-corrected chi connectivity index (χ4v) is 2.05. The Morgan fingerprint density at radius 1 is 1.00 bits per heavy atom. The Bertz CT molecular complexity index is 853. The largest absolute Gasteiger partial charge is 0.456 e. The van der Waals surface area contributed by atoms with E-state index in [9.17, 15) is 19.7 Å². The monoisotopic (exact) mass is 358 g/mol. The van der Waals surface area contributed by atoms with E-state index in [-0.39, 0.29) is 28.3 Å². The van der Waals surface area contributed by atoms with Gasteiger partial charge < -0.3 is 15.2 Å². The number of nitrogens with zero attached hydrogens (tertiary/aromatic N) is 1. The lowest BCUT2D eigenvalue weighted by atomic mass is 10.1. The van der Waals surface area contributed by atoms with Gasteiger partial charge in [-0.25, -0.2) is 9.59 Å². The minimum absolute atomic E-state index is 0.00767. The molecule has 0 radical (unpaired) electrons. The highest BCUT2D eigenvalue weighted by Crippen LogP contribution is 2.24. The summed E-state index contributed by atoms with van der Waals surface area (Å²) in [7, 11) is 0. The molecule has 0 amide bonds. The molecule has 2 rings (SSSR count). The molecule has 0 bridgehead atoms. The topological polar surface area (TPSA) is 122 Å². The van der Waals surface area contributed by atoms with Gasteiger partial charge in [-0.05, 0) is 45.0 Å². The molecule has 2 aromatic rings. The number of nitrogens with two attached hydrogens (primary N) is 1. The van der Waals surface area contributed by atoms with Gasteiger partial charge in [-0.15, -0.1) is 0 Å². The van der Waals surface area contributed by atoms with Gasteiger partial charge in [-0.1, -0.05) is 6.07 Å². The van der Waals surface area contributed by atoms with E-state index in [1.54, 1.807) is 20.8 Å². The van der Waals surface area contributed by atoms with E-state index in [1.807, 2.05) is 0 Å². The Balaban J connectivity index is 2.22. The SMILES string of the molecule is CC(C)(C)OC(=O)c1cccc(C(=O)Oc2ccc([N+](=O)[O-])cc2)c1N. The van der Waals surface area contributed by atoms with Crippen LogP contribution in [0, 0.1) is 10.1 Å². The minimum Gasteiger partial charge on any atom is -0.456 e. The third-order valence-electron chi connectivity index (χ3n) is 3.20. The standard InChI is InChI=1S/C18H18N2O6/c1-18(2,3)26-17(22)14-6-4-5-13(15(14)19)16(21)25-12-9-7-11(8-10-12)20(23)24/h4-10H,19H2,1-3H3. The van der Waals surface area contributed by atoms with Crippen molar-refractivity contribution in [2.75, 3.05) is 5.73 Å². The van der Waals surface area contributed by atoms with Gasteiger partial charge in [-0.3, -0.25) is 10.1 Å². The molecule has 2 N–H and O–H groups in total. The first-order chi connectivity index (χ1) is 12.1. The summed E-state index contributed by atoms with van der Waals surface area (Å²) < 4.78 is 10.4. The predicted molar refractivity (Wildman–Crippen MR) is 94.1 cm³/mol. The molecule has 8 nitrogen and oxygen atoms in total. The summed E-state index contributed by atoms with van der Waals surface area (Å²) in [5.41, 5.74) is 5.08. The van der Waals surface area contributed by atoms with Crippen molar-refractivity contribution < 1.29 is 24.0 Å². The lowest BCUT2D eigenvalue weighted by Crippen LogP contribution is -2.25. The Morgan fingerprint density at radius 3 is 2.04 bits per heavy atom. The summed E-state index contributed by atoms with van der Waals surface area (Å²) >= 11 is 0. The molecule has 0 fully saturated rings. The van der Waals surface area contributed by atoms with Crippen LogP contribution in [0.25, 0.3) is 0 Å². The quantitative estimate of drug-likeness (QED) is 0.292. The maximum atomic E-state index is 12.3. The van der Waals surface area contributed by atoms with Gasteiger partial charge in [0.05, 0.1) is 21.7 Å². The van der Waals surface area contributed by atoms with E-state index in [1.165, 1.54) is 42.5 Å². The van der Waals surface area contributed by atoms with Crippen LogP contribution in [-0.4, -0.2) is 22.5 Å². The van der Waals surface area contributed by atoms with Crippen LogP contribution in [0.1, 0.15) is 41.5 Å². The highest BCUT2D eigenvalue weighted by atomic mass is 16.6. The normalized spacial score (nSPS) is 10.9. The zero-order valence-electron chi connectivity index (χ0n) is 14.5. The second kappa shape index (κ2) is 7.22. The molecule has 136 valence electrons. The molecule has 0 aromatic heterocycles. The molecule has 0 saturated carbocycles. The number of carbonyl (C=O) groups excluding carboxylic acids is 2. The van der Waals surface area contributed by atoms with Crippen LogP contribution >= 0.6 is 0 Å². The number of nitrogen functional groups attached to an aromatic ring is 1. The number of esters is 2. The number of hydrogen-bond acceptors (Lipinski definition) is 7. The first kappa shape index (κ1) is 18.9. The van der Waals surface area contributed by atoms with Crippen LogP contribution in [0.4, 0.5) is 11.4 Å². The molecule has 0 aliphatic carbocycles. The summed E-state index contributed by atoms with van der Waals surface area (Å²) in [6.45, 7) is 5.15. The van der Waals surface area contributed by atoms with Crippen molar-refractivity contribution in [2.24, 2.45) is 0 Å². The van der Waals surface area contributed by atoms with Crippen LogP contribution in [0.15, 0.2) is 42.5 Å². The molecule has 8 heteroatoms. The van der Waals surface area contributed by atoms with Crippen molar-refractivity contribution in [2.45, 2.75) is 26.4 Å². The number of nitro groups is 1. The maximum absolute atomic E-state index is 12.3. The van der Waals surface area contributed by atoms with Crippen molar-refractivity contribution in [3.05, 3.63) is 63.7 Å². The fraction of sp³-hybridized carbons (Fsp3) is 0.222. The van der Waals surface area contributed by atoms with Crippen LogP contribution < -0.4 is 10.5 Å². The number of nitro benzene ring substituents is 1. The van der Waals surface area contributed by atoms with Crippen LogP contribution in [-0.2, 0) is 4.74 Å². The van der Waals surface area contributed by atoms with E-state index >= 15 is 0 Å². The van der Waals surface area contributed by atoms with Crippen LogP contribution in [0.5, 0.6) is 5.75 Å². The maximum Gasteiger partial charge on any atom is 0.345 e. The van der Waals surface area contributed by atoms with Crippen molar-refractivity contribution in [1.29, 1.82) is 0 Å². The van der Waals surface area contributed by atoms with Gasteiger partial charge in [-0.2, -0.15) is 0 Å². The summed E-state index contributed by atoms with van der Waals surface area (Å²) in [4.78, 5) is 34.6. The van der Waals surface area contributed by atoms with Crippen molar-refractivity contribution in [3.63, 3.8) is 0 Å². The van der Waals surface area contributed by atoms with Crippen LogP contribution in [0.2, 0.25) is 0 Å². The van der Waals surface area contributed by atoms with E-state index in [0.29, 0.717) is 0 Å². The van der Waals surface area contributed by atoms with Gasteiger partial charge in [0.2, 0.25) is 0 Å². The lowest BCUT2D eigenvalue weighted by molar-refractivity contribution is -0.384. The molecule has 26 heavy (non-hydrogen) atoms. The second-order valence-electron chi connectivity index (χ2n) is 6.41. The van der Waals surface area contributed by atoms with Crippen LogP contribution in [0.3, 0.4) is 0 Å². The number of benzene rings is 2. The number of ether oxygens (including phenoxy) is 2. The zero-order chi connectivity index (χ0) is 19.5. The van der Waals surface area contributed by atoms with E-state index in [0.717, 1.165) is 0 Å². The second-order valence-corrected chi connectivity index (χ2v) is 6.41. The Labute approximate surface area is 149 Å². The van der Waals surface area contributed by atoms with E-state index < -0.39 is 22.5 Å². The average molecular weight is 358 g/mol. The molecule has 0 aliphatic heterocycles. The lowest BCUT2D eigenvalue weighted by Gasteiger charge is -2.20. The Kier molecular flexibility index (Phi) is 5.25. The number of rotatable bonds is 4. The van der Waals surface area contributed by atoms with Gasteiger partial charge in [0, 0.05) is 12.1 Å². The summed E-state index contributed by atoms with van der Waals surface area (Å²) in [5.74, 6) is -1.33. The molecule has 0 atom stereocenters. The molecule has 0 unspecified atom stereocenters. The molecule has 2 aromatic carbocycles. The third kappa shape index (κ3) is 4.56. The average Bonchev–Trinajstić information content (AvgIpc) is 2.53. The highest BCUT2D eigenvalue weighted by Gasteiger charge is 2.23. The Hall–Kier alpha value is -3.42. The molecular weight excluding hydrogens is 340 g/mol. The highest BCUT2D eigenvalue weighted by molar-refractivity contribution is 6.04. The van der Waals surface area contributed by atoms with Gasteiger partial charge in [0.15, 0.2) is 0 Å². The van der Waals surface area contributed by atoms with Gasteiger partial charge >= 0.3 is 11.9 Å². The number of hydrogen-bond donors (Lipinski definition) is 1.